The van der Waals surface area contributed by atoms with Crippen LogP contribution >= 0.6 is 11.8 Å². The van der Waals surface area contributed by atoms with Crippen LogP contribution < -0.4 is 5.56 Å². The minimum atomic E-state index is -0.137. The zero-order chi connectivity index (χ0) is 19.0. The number of hydrogen-bond donors (Lipinski definition) is 0. The van der Waals surface area contributed by atoms with Gasteiger partial charge in [-0.15, -0.1) is 16.8 Å². The van der Waals surface area contributed by atoms with Gasteiger partial charge in [0.15, 0.2) is 10.9 Å². The van der Waals surface area contributed by atoms with E-state index in [2.05, 4.69) is 16.8 Å². The smallest absolute Gasteiger partial charge is 0.263 e. The molecule has 136 valence electrons. The normalized spacial score (nSPS) is 11.3. The average Bonchev–Trinajstić information content (AvgIpc) is 3.29. The van der Waals surface area contributed by atoms with Gasteiger partial charge in [0.1, 0.15) is 0 Å². The molecule has 4 aromatic rings. The second kappa shape index (κ2) is 6.88. The van der Waals surface area contributed by atoms with Gasteiger partial charge >= 0.3 is 0 Å². The van der Waals surface area contributed by atoms with E-state index in [1.54, 1.807) is 22.8 Å². The molecule has 0 aliphatic heterocycles. The summed E-state index contributed by atoms with van der Waals surface area (Å²) in [5.74, 6) is 0.675. The number of carbonyl (C=O) groups is 1. The summed E-state index contributed by atoms with van der Waals surface area (Å²) in [6.45, 7) is 4.05. The largest absolute Gasteiger partial charge is 0.348 e. The fraction of sp³-hybridized carbons (Fsp3) is 0.158. The Morgan fingerprint density at radius 1 is 1.22 bits per heavy atom. The molecule has 3 heterocycles. The fourth-order valence-electron chi connectivity index (χ4n) is 3.08. The van der Waals surface area contributed by atoms with Crippen LogP contribution in [0.2, 0.25) is 0 Å². The molecule has 0 radical (unpaired) electrons. The molecular weight excluding hydrogens is 362 g/mol. The predicted octanol–water partition coefficient (Wildman–Crippen LogP) is 2.54. The molecule has 4 rings (SSSR count). The van der Waals surface area contributed by atoms with E-state index in [1.165, 1.54) is 16.3 Å². The van der Waals surface area contributed by atoms with Crippen LogP contribution in [0.1, 0.15) is 10.5 Å². The zero-order valence-corrected chi connectivity index (χ0v) is 15.5. The third-order valence-electron chi connectivity index (χ3n) is 4.35. The standard InChI is InChI=1S/C19H17N5O2S/c1-3-10-23-17(26)13-7-4-5-8-14(13)24-18(23)20-21-19(24)27-12-16(25)15-9-6-11-22(15)2/h3-9,11H,1,10,12H2,2H3. The van der Waals surface area contributed by atoms with Crippen molar-refractivity contribution in [2.45, 2.75) is 11.7 Å². The number of Topliss-reactive ketones (excluding diaryl/α,β-unsaturated/α-hetero) is 1. The monoisotopic (exact) mass is 379 g/mol. The molecule has 0 atom stereocenters. The molecule has 0 saturated heterocycles. The van der Waals surface area contributed by atoms with E-state index in [-0.39, 0.29) is 17.1 Å². The topological polar surface area (TPSA) is 74.2 Å². The summed E-state index contributed by atoms with van der Waals surface area (Å²) >= 11 is 1.30. The SMILES string of the molecule is C=CCn1c(=O)c2ccccc2n2c(SCC(=O)c3cccn3C)nnc12. The number of nitrogens with zero attached hydrogens (tertiary/aromatic N) is 5. The number of fused-ring (bicyclic) bond motifs is 3. The van der Waals surface area contributed by atoms with Crippen LogP contribution in [0, 0.1) is 0 Å². The highest BCUT2D eigenvalue weighted by Crippen LogP contribution is 2.22. The van der Waals surface area contributed by atoms with E-state index in [0.29, 0.717) is 28.6 Å². The van der Waals surface area contributed by atoms with Gasteiger partial charge in [-0.25, -0.2) is 0 Å². The first-order valence-electron chi connectivity index (χ1n) is 8.36. The van der Waals surface area contributed by atoms with Crippen molar-refractivity contribution in [1.29, 1.82) is 0 Å². The lowest BCUT2D eigenvalue weighted by atomic mass is 10.2. The van der Waals surface area contributed by atoms with E-state index >= 15 is 0 Å². The number of para-hydroxylation sites is 1. The molecule has 8 heteroatoms. The Bertz CT molecular complexity index is 1230. The Morgan fingerprint density at radius 3 is 2.78 bits per heavy atom. The van der Waals surface area contributed by atoms with Crippen LogP contribution in [0.5, 0.6) is 0 Å². The molecule has 0 unspecified atom stereocenters. The number of aryl methyl sites for hydroxylation is 1. The van der Waals surface area contributed by atoms with E-state index < -0.39 is 0 Å². The first-order valence-corrected chi connectivity index (χ1v) is 9.35. The average molecular weight is 379 g/mol. The maximum Gasteiger partial charge on any atom is 0.263 e. The number of rotatable bonds is 6. The van der Waals surface area contributed by atoms with Crippen LogP contribution in [0.25, 0.3) is 16.7 Å². The van der Waals surface area contributed by atoms with E-state index in [4.69, 9.17) is 0 Å². The number of allylic oxidation sites excluding steroid dienone is 1. The van der Waals surface area contributed by atoms with Crippen molar-refractivity contribution in [2.75, 3.05) is 5.75 Å². The number of thioether (sulfide) groups is 1. The summed E-state index contributed by atoms with van der Waals surface area (Å²) in [5.41, 5.74) is 1.23. The lowest BCUT2D eigenvalue weighted by Crippen LogP contribution is -2.22. The van der Waals surface area contributed by atoms with Gasteiger partial charge < -0.3 is 4.57 Å². The van der Waals surface area contributed by atoms with Crippen LogP contribution in [-0.2, 0) is 13.6 Å². The van der Waals surface area contributed by atoms with Gasteiger partial charge in [0.2, 0.25) is 5.78 Å². The number of aromatic nitrogens is 5. The summed E-state index contributed by atoms with van der Waals surface area (Å²) in [5, 5.41) is 9.57. The minimum Gasteiger partial charge on any atom is -0.348 e. The van der Waals surface area contributed by atoms with E-state index in [0.717, 1.165) is 5.52 Å². The van der Waals surface area contributed by atoms with Crippen molar-refractivity contribution in [3.63, 3.8) is 0 Å². The van der Waals surface area contributed by atoms with Crippen molar-refractivity contribution in [3.8, 4) is 0 Å². The molecule has 0 spiro atoms. The molecule has 0 saturated carbocycles. The van der Waals surface area contributed by atoms with Gasteiger partial charge in [0.05, 0.1) is 22.3 Å². The molecule has 3 aromatic heterocycles. The highest BCUT2D eigenvalue weighted by atomic mass is 32.2. The van der Waals surface area contributed by atoms with Crippen molar-refractivity contribution >= 4 is 34.2 Å². The first-order chi connectivity index (χ1) is 13.1. The molecule has 1 aromatic carbocycles. The molecular formula is C19H17N5O2S. The molecule has 7 nitrogen and oxygen atoms in total. The van der Waals surface area contributed by atoms with E-state index in [9.17, 15) is 9.59 Å². The van der Waals surface area contributed by atoms with Gasteiger partial charge in [-0.3, -0.25) is 18.6 Å². The summed E-state index contributed by atoms with van der Waals surface area (Å²) in [6, 6.07) is 11.0. The van der Waals surface area contributed by atoms with Gasteiger partial charge in [-0.05, 0) is 24.3 Å². The lowest BCUT2D eigenvalue weighted by Gasteiger charge is -2.09. The van der Waals surface area contributed by atoms with Crippen LogP contribution in [0.4, 0.5) is 0 Å². The van der Waals surface area contributed by atoms with Crippen molar-refractivity contribution in [3.05, 3.63) is 71.3 Å². The highest BCUT2D eigenvalue weighted by Gasteiger charge is 2.18. The van der Waals surface area contributed by atoms with Crippen LogP contribution in [0.15, 0.2) is 65.2 Å². The van der Waals surface area contributed by atoms with Gasteiger partial charge in [-0.2, -0.15) is 0 Å². The number of ketones is 1. The molecule has 0 aliphatic carbocycles. The third kappa shape index (κ3) is 2.87. The second-order valence-corrected chi connectivity index (χ2v) is 7.00. The second-order valence-electron chi connectivity index (χ2n) is 6.06. The number of hydrogen-bond acceptors (Lipinski definition) is 5. The third-order valence-corrected chi connectivity index (χ3v) is 5.28. The number of benzene rings is 1. The zero-order valence-electron chi connectivity index (χ0n) is 14.7. The summed E-state index contributed by atoms with van der Waals surface area (Å²) < 4.78 is 5.15. The maximum absolute atomic E-state index is 12.8. The Labute approximate surface area is 158 Å². The molecule has 0 fully saturated rings. The molecule has 0 bridgehead atoms. The highest BCUT2D eigenvalue weighted by molar-refractivity contribution is 7.99. The van der Waals surface area contributed by atoms with Crippen LogP contribution in [-0.4, -0.2) is 35.3 Å². The Hall–Kier alpha value is -3.13. The summed E-state index contributed by atoms with van der Waals surface area (Å²) in [4.78, 5) is 25.2. The van der Waals surface area contributed by atoms with Crippen LogP contribution in [0.3, 0.4) is 0 Å². The first kappa shape index (κ1) is 17.3. The Morgan fingerprint density at radius 2 is 2.04 bits per heavy atom. The van der Waals surface area contributed by atoms with Crippen molar-refractivity contribution in [1.82, 2.24) is 23.7 Å². The quantitative estimate of drug-likeness (QED) is 0.292. The van der Waals surface area contributed by atoms with Gasteiger partial charge in [0.25, 0.3) is 5.56 Å². The maximum atomic E-state index is 12.8. The summed E-state index contributed by atoms with van der Waals surface area (Å²) in [7, 11) is 1.84. The Kier molecular flexibility index (Phi) is 4.41. The summed E-state index contributed by atoms with van der Waals surface area (Å²) in [6.07, 6.45) is 3.49. The molecule has 0 aliphatic rings. The van der Waals surface area contributed by atoms with Crippen molar-refractivity contribution in [2.24, 2.45) is 7.05 Å². The predicted molar refractivity (Wildman–Crippen MR) is 105 cm³/mol. The fourth-order valence-corrected chi connectivity index (χ4v) is 3.89. The minimum absolute atomic E-state index is 0.00738. The Balaban J connectivity index is 1.80. The lowest BCUT2D eigenvalue weighted by molar-refractivity contribution is 0.101. The molecule has 0 N–H and O–H groups in total. The van der Waals surface area contributed by atoms with Gasteiger partial charge in [0, 0.05) is 19.8 Å². The molecule has 0 amide bonds. The van der Waals surface area contributed by atoms with Crippen molar-refractivity contribution < 1.29 is 4.79 Å². The van der Waals surface area contributed by atoms with Gasteiger partial charge in [-0.1, -0.05) is 30.0 Å². The number of carbonyl (C=O) groups excluding carboxylic acids is 1. The van der Waals surface area contributed by atoms with E-state index in [1.807, 2.05) is 41.9 Å². The molecule has 27 heavy (non-hydrogen) atoms.